The van der Waals surface area contributed by atoms with Gasteiger partial charge in [0.05, 0.1) is 23.6 Å². The Bertz CT molecular complexity index is 525. The number of rotatable bonds is 2. The number of nitro groups is 1. The van der Waals surface area contributed by atoms with E-state index in [0.717, 1.165) is 23.1 Å². The molecule has 0 saturated carbocycles. The average Bonchev–Trinajstić information content (AvgIpc) is 2.25. The molecule has 1 aromatic rings. The number of alkyl halides is 2. The van der Waals surface area contributed by atoms with Crippen LogP contribution in [0.1, 0.15) is 10.4 Å². The van der Waals surface area contributed by atoms with Gasteiger partial charge in [0.1, 0.15) is 5.82 Å². The van der Waals surface area contributed by atoms with Crippen molar-refractivity contribution >= 4 is 11.6 Å². The zero-order chi connectivity index (χ0) is 13.5. The van der Waals surface area contributed by atoms with Gasteiger partial charge in [-0.3, -0.25) is 14.9 Å². The van der Waals surface area contributed by atoms with Crippen molar-refractivity contribution in [3.05, 3.63) is 39.7 Å². The van der Waals surface area contributed by atoms with Gasteiger partial charge in [0.2, 0.25) is 0 Å². The highest BCUT2D eigenvalue weighted by Crippen LogP contribution is 2.29. The molecule has 5 nitrogen and oxygen atoms in total. The van der Waals surface area contributed by atoms with E-state index in [-0.39, 0.29) is 0 Å². The van der Waals surface area contributed by atoms with Crippen LogP contribution in [0.25, 0.3) is 0 Å². The fourth-order valence-electron chi connectivity index (χ4n) is 1.62. The predicted octanol–water partition coefficient (Wildman–Crippen LogP) is 1.82. The highest BCUT2D eigenvalue weighted by Gasteiger charge is 2.46. The SMILES string of the molecule is O=C(c1cc([N+](=O)[O-])ccc1F)N1CC(F)(F)C1. The number of likely N-dealkylation sites (tertiary alicyclic amines) is 1. The topological polar surface area (TPSA) is 63.4 Å². The monoisotopic (exact) mass is 260 g/mol. The lowest BCUT2D eigenvalue weighted by molar-refractivity contribution is -0.384. The van der Waals surface area contributed by atoms with E-state index in [1.807, 2.05) is 0 Å². The average molecular weight is 260 g/mol. The lowest BCUT2D eigenvalue weighted by Crippen LogP contribution is -2.58. The molecule has 0 atom stereocenters. The maximum Gasteiger partial charge on any atom is 0.282 e. The zero-order valence-electron chi connectivity index (χ0n) is 8.90. The molecule has 96 valence electrons. The van der Waals surface area contributed by atoms with Gasteiger partial charge < -0.3 is 4.90 Å². The maximum atomic E-state index is 13.3. The summed E-state index contributed by atoms with van der Waals surface area (Å²) in [4.78, 5) is 22.1. The van der Waals surface area contributed by atoms with Gasteiger partial charge in [-0.2, -0.15) is 0 Å². The summed E-state index contributed by atoms with van der Waals surface area (Å²) in [5.74, 6) is -4.91. The molecule has 1 aliphatic rings. The molecule has 0 unspecified atom stereocenters. The number of hydrogen-bond acceptors (Lipinski definition) is 3. The molecule has 1 heterocycles. The molecule has 8 heteroatoms. The second-order valence-electron chi connectivity index (χ2n) is 3.94. The zero-order valence-corrected chi connectivity index (χ0v) is 8.90. The second-order valence-corrected chi connectivity index (χ2v) is 3.94. The number of nitrogens with zero attached hydrogens (tertiary/aromatic N) is 2. The molecule has 1 aromatic carbocycles. The smallest absolute Gasteiger partial charge is 0.282 e. The number of halogens is 3. The van der Waals surface area contributed by atoms with Crippen LogP contribution in [0.3, 0.4) is 0 Å². The van der Waals surface area contributed by atoms with Crippen LogP contribution in [0.5, 0.6) is 0 Å². The Labute approximate surface area is 99.0 Å². The molecular weight excluding hydrogens is 253 g/mol. The molecular formula is C10H7F3N2O3. The van der Waals surface area contributed by atoms with E-state index < -0.39 is 46.9 Å². The number of amides is 1. The van der Waals surface area contributed by atoms with Crippen LogP contribution < -0.4 is 0 Å². The summed E-state index contributed by atoms with van der Waals surface area (Å²) in [6, 6.07) is 2.41. The highest BCUT2D eigenvalue weighted by atomic mass is 19.3. The van der Waals surface area contributed by atoms with Crippen molar-refractivity contribution < 1.29 is 22.9 Å². The van der Waals surface area contributed by atoms with Crippen molar-refractivity contribution in [2.24, 2.45) is 0 Å². The van der Waals surface area contributed by atoms with Crippen molar-refractivity contribution in [2.45, 2.75) is 5.92 Å². The number of hydrogen-bond donors (Lipinski definition) is 0. The van der Waals surface area contributed by atoms with E-state index in [0.29, 0.717) is 0 Å². The largest absolute Gasteiger partial charge is 0.326 e. The van der Waals surface area contributed by atoms with Gasteiger partial charge in [-0.05, 0) is 6.07 Å². The summed E-state index contributed by atoms with van der Waals surface area (Å²) in [7, 11) is 0. The summed E-state index contributed by atoms with van der Waals surface area (Å²) in [5.41, 5.74) is -1.04. The third-order valence-corrected chi connectivity index (χ3v) is 2.52. The summed E-state index contributed by atoms with van der Waals surface area (Å²) in [5, 5.41) is 10.5. The quantitative estimate of drug-likeness (QED) is 0.602. The van der Waals surface area contributed by atoms with Gasteiger partial charge in [-0.15, -0.1) is 0 Å². The molecule has 18 heavy (non-hydrogen) atoms. The van der Waals surface area contributed by atoms with Crippen LogP contribution in [-0.4, -0.2) is 34.7 Å². The van der Waals surface area contributed by atoms with Crippen LogP contribution in [0.15, 0.2) is 18.2 Å². The summed E-state index contributed by atoms with van der Waals surface area (Å²) < 4.78 is 38.5. The van der Waals surface area contributed by atoms with Gasteiger partial charge in [0.15, 0.2) is 0 Å². The van der Waals surface area contributed by atoms with Crippen LogP contribution in [0.2, 0.25) is 0 Å². The van der Waals surface area contributed by atoms with E-state index in [4.69, 9.17) is 0 Å². The highest BCUT2D eigenvalue weighted by molar-refractivity contribution is 5.95. The van der Waals surface area contributed by atoms with Crippen LogP contribution in [-0.2, 0) is 0 Å². The lowest BCUT2D eigenvalue weighted by atomic mass is 10.1. The molecule has 1 fully saturated rings. The van der Waals surface area contributed by atoms with E-state index in [9.17, 15) is 28.1 Å². The molecule has 0 radical (unpaired) electrons. The Hall–Kier alpha value is -2.12. The number of carbonyl (C=O) groups is 1. The van der Waals surface area contributed by atoms with E-state index >= 15 is 0 Å². The Balaban J connectivity index is 2.25. The first-order valence-electron chi connectivity index (χ1n) is 4.91. The van der Waals surface area contributed by atoms with Gasteiger partial charge in [0, 0.05) is 12.1 Å². The molecule has 1 aliphatic heterocycles. The third kappa shape index (κ3) is 2.13. The standard InChI is InChI=1S/C10H7F3N2O3/c11-8-2-1-6(15(17)18)3-7(8)9(16)14-4-10(12,13)5-14/h1-3H,4-5H2. The Morgan fingerprint density at radius 2 is 2.00 bits per heavy atom. The van der Waals surface area contributed by atoms with Gasteiger partial charge in [-0.1, -0.05) is 0 Å². The number of carbonyl (C=O) groups excluding carboxylic acids is 1. The van der Waals surface area contributed by atoms with Gasteiger partial charge in [-0.25, -0.2) is 13.2 Å². The van der Waals surface area contributed by atoms with Crippen molar-refractivity contribution in [3.63, 3.8) is 0 Å². The number of nitro benzene ring substituents is 1. The summed E-state index contributed by atoms with van der Waals surface area (Å²) >= 11 is 0. The van der Waals surface area contributed by atoms with E-state index in [1.54, 1.807) is 0 Å². The van der Waals surface area contributed by atoms with Gasteiger partial charge in [0.25, 0.3) is 17.5 Å². The minimum absolute atomic E-state index is 0.466. The van der Waals surface area contributed by atoms with Crippen LogP contribution in [0, 0.1) is 15.9 Å². The molecule has 1 saturated heterocycles. The molecule has 0 aromatic heterocycles. The first kappa shape index (κ1) is 12.3. The molecule has 2 rings (SSSR count). The lowest BCUT2D eigenvalue weighted by Gasteiger charge is -2.38. The van der Waals surface area contributed by atoms with Crippen LogP contribution >= 0.6 is 0 Å². The van der Waals surface area contributed by atoms with Crippen molar-refractivity contribution in [3.8, 4) is 0 Å². The third-order valence-electron chi connectivity index (χ3n) is 2.52. The number of benzene rings is 1. The second kappa shape index (κ2) is 3.97. The molecule has 1 amide bonds. The van der Waals surface area contributed by atoms with Crippen molar-refractivity contribution in [1.29, 1.82) is 0 Å². The molecule has 0 aliphatic carbocycles. The molecule has 0 N–H and O–H groups in total. The Morgan fingerprint density at radius 1 is 1.39 bits per heavy atom. The van der Waals surface area contributed by atoms with Gasteiger partial charge >= 0.3 is 0 Å². The maximum absolute atomic E-state index is 13.3. The van der Waals surface area contributed by atoms with Crippen LogP contribution in [0.4, 0.5) is 18.9 Å². The summed E-state index contributed by atoms with van der Waals surface area (Å²) in [6.07, 6.45) is 0. The normalized spacial score (nSPS) is 17.2. The minimum atomic E-state index is -2.97. The fourth-order valence-corrected chi connectivity index (χ4v) is 1.62. The predicted molar refractivity (Wildman–Crippen MR) is 53.9 cm³/mol. The first-order valence-corrected chi connectivity index (χ1v) is 4.91. The molecule has 0 bridgehead atoms. The Kier molecular flexibility index (Phi) is 2.72. The summed E-state index contributed by atoms with van der Waals surface area (Å²) in [6.45, 7) is -1.60. The molecule has 0 spiro atoms. The van der Waals surface area contributed by atoms with E-state index in [2.05, 4.69) is 0 Å². The fraction of sp³-hybridized carbons (Fsp3) is 0.300. The Morgan fingerprint density at radius 3 is 2.50 bits per heavy atom. The van der Waals surface area contributed by atoms with Crippen molar-refractivity contribution in [2.75, 3.05) is 13.1 Å². The first-order chi connectivity index (χ1) is 8.30. The van der Waals surface area contributed by atoms with E-state index in [1.165, 1.54) is 0 Å². The minimum Gasteiger partial charge on any atom is -0.326 e. The van der Waals surface area contributed by atoms with Crippen molar-refractivity contribution in [1.82, 2.24) is 4.90 Å². The number of non-ortho nitro benzene ring substituents is 1.